The number of hydrogen-bond donors (Lipinski definition) is 1. The van der Waals surface area contributed by atoms with Crippen LogP contribution < -0.4 is 10.5 Å². The van der Waals surface area contributed by atoms with Crippen molar-refractivity contribution in [2.45, 2.75) is 20.0 Å². The topological polar surface area (TPSA) is 74.2 Å². The van der Waals surface area contributed by atoms with Crippen LogP contribution >= 0.6 is 0 Å². The molecule has 2 rings (SSSR count). The molecule has 1 aromatic carbocycles. The molecule has 5 heteroatoms. The zero-order valence-electron chi connectivity index (χ0n) is 9.01. The number of nitrogen functional groups attached to an aromatic ring is 1. The summed E-state index contributed by atoms with van der Waals surface area (Å²) in [6.07, 6.45) is 0.919. The monoisotopic (exact) mass is 219 g/mol. The molecule has 0 unspecified atom stereocenters. The van der Waals surface area contributed by atoms with Gasteiger partial charge in [-0.05, 0) is 18.1 Å². The fraction of sp³-hybridized carbons (Fsp3) is 0.273. The number of hydrogen-bond acceptors (Lipinski definition) is 5. The highest BCUT2D eigenvalue weighted by Crippen LogP contribution is 2.19. The quantitative estimate of drug-likeness (QED) is 0.848. The molecule has 0 fully saturated rings. The number of anilines is 1. The van der Waals surface area contributed by atoms with E-state index >= 15 is 0 Å². The van der Waals surface area contributed by atoms with Crippen molar-refractivity contribution in [3.63, 3.8) is 0 Å². The van der Waals surface area contributed by atoms with Gasteiger partial charge in [0.05, 0.1) is 0 Å². The zero-order valence-corrected chi connectivity index (χ0v) is 9.01. The SMILES string of the molecule is CCc1ccccc1OCc1nnc(N)o1. The van der Waals surface area contributed by atoms with Crippen LogP contribution in [0.15, 0.2) is 28.7 Å². The van der Waals surface area contributed by atoms with Crippen molar-refractivity contribution in [3.8, 4) is 5.75 Å². The lowest BCUT2D eigenvalue weighted by Gasteiger charge is -2.07. The predicted molar refractivity (Wildman–Crippen MR) is 58.9 cm³/mol. The molecule has 2 aromatic rings. The summed E-state index contributed by atoms with van der Waals surface area (Å²) < 4.78 is 10.6. The smallest absolute Gasteiger partial charge is 0.312 e. The van der Waals surface area contributed by atoms with Crippen LogP contribution in [-0.2, 0) is 13.0 Å². The van der Waals surface area contributed by atoms with E-state index in [0.29, 0.717) is 5.89 Å². The van der Waals surface area contributed by atoms with Crippen molar-refractivity contribution in [2.24, 2.45) is 0 Å². The first-order chi connectivity index (χ1) is 7.79. The number of para-hydroxylation sites is 1. The summed E-state index contributed by atoms with van der Waals surface area (Å²) in [7, 11) is 0. The van der Waals surface area contributed by atoms with E-state index in [0.717, 1.165) is 17.7 Å². The molecule has 2 N–H and O–H groups in total. The second-order valence-corrected chi connectivity index (χ2v) is 3.28. The summed E-state index contributed by atoms with van der Waals surface area (Å²) in [5, 5.41) is 7.27. The zero-order chi connectivity index (χ0) is 11.4. The number of aryl methyl sites for hydroxylation is 1. The van der Waals surface area contributed by atoms with Gasteiger partial charge in [0.15, 0.2) is 6.61 Å². The summed E-state index contributed by atoms with van der Waals surface area (Å²) in [6, 6.07) is 7.91. The Labute approximate surface area is 93.2 Å². The Balaban J connectivity index is 2.04. The van der Waals surface area contributed by atoms with Crippen molar-refractivity contribution in [3.05, 3.63) is 35.7 Å². The van der Waals surface area contributed by atoms with Gasteiger partial charge in [0.25, 0.3) is 5.89 Å². The second kappa shape index (κ2) is 4.65. The third-order valence-electron chi connectivity index (χ3n) is 2.19. The highest BCUT2D eigenvalue weighted by molar-refractivity contribution is 5.33. The van der Waals surface area contributed by atoms with Crippen LogP contribution in [0.4, 0.5) is 6.01 Å². The Bertz CT molecular complexity index is 468. The van der Waals surface area contributed by atoms with Gasteiger partial charge >= 0.3 is 6.01 Å². The lowest BCUT2D eigenvalue weighted by atomic mass is 10.1. The average molecular weight is 219 g/mol. The number of benzene rings is 1. The Kier molecular flexibility index (Phi) is 3.05. The van der Waals surface area contributed by atoms with Gasteiger partial charge in [-0.25, -0.2) is 0 Å². The van der Waals surface area contributed by atoms with E-state index in [1.165, 1.54) is 0 Å². The summed E-state index contributed by atoms with van der Waals surface area (Å²) >= 11 is 0. The first-order valence-corrected chi connectivity index (χ1v) is 5.08. The van der Waals surface area contributed by atoms with Crippen LogP contribution in [0.1, 0.15) is 18.4 Å². The van der Waals surface area contributed by atoms with Crippen molar-refractivity contribution in [1.82, 2.24) is 10.2 Å². The highest BCUT2D eigenvalue weighted by Gasteiger charge is 2.05. The first-order valence-electron chi connectivity index (χ1n) is 5.08. The largest absolute Gasteiger partial charge is 0.484 e. The molecule has 1 heterocycles. The van der Waals surface area contributed by atoms with Crippen LogP contribution in [0.2, 0.25) is 0 Å². The van der Waals surface area contributed by atoms with E-state index in [1.54, 1.807) is 0 Å². The molecular weight excluding hydrogens is 206 g/mol. The Morgan fingerprint density at radius 2 is 2.12 bits per heavy atom. The molecule has 0 atom stereocenters. The van der Waals surface area contributed by atoms with Gasteiger partial charge in [-0.15, -0.1) is 5.10 Å². The lowest BCUT2D eigenvalue weighted by Crippen LogP contribution is -1.98. The lowest BCUT2D eigenvalue weighted by molar-refractivity contribution is 0.263. The van der Waals surface area contributed by atoms with Gasteiger partial charge in [-0.2, -0.15) is 0 Å². The van der Waals surface area contributed by atoms with E-state index < -0.39 is 0 Å². The molecule has 0 aliphatic rings. The van der Waals surface area contributed by atoms with E-state index in [-0.39, 0.29) is 12.6 Å². The standard InChI is InChI=1S/C11H13N3O2/c1-2-8-5-3-4-6-9(8)15-7-10-13-14-11(12)16-10/h3-6H,2,7H2,1H3,(H2,12,14). The molecule has 0 saturated carbocycles. The minimum Gasteiger partial charge on any atom is -0.484 e. The van der Waals surface area contributed by atoms with Crippen LogP contribution in [-0.4, -0.2) is 10.2 Å². The Morgan fingerprint density at radius 3 is 2.81 bits per heavy atom. The minimum absolute atomic E-state index is 0.0578. The maximum absolute atomic E-state index is 5.58. The average Bonchev–Trinajstić information content (AvgIpc) is 2.73. The van der Waals surface area contributed by atoms with Crippen molar-refractivity contribution in [2.75, 3.05) is 5.73 Å². The third-order valence-corrected chi connectivity index (χ3v) is 2.19. The summed E-state index contributed by atoms with van der Waals surface area (Å²) in [5.41, 5.74) is 6.46. The van der Waals surface area contributed by atoms with Gasteiger partial charge in [-0.3, -0.25) is 0 Å². The van der Waals surface area contributed by atoms with Crippen LogP contribution in [0.25, 0.3) is 0 Å². The van der Waals surface area contributed by atoms with Crippen molar-refractivity contribution < 1.29 is 9.15 Å². The molecule has 1 aromatic heterocycles. The van der Waals surface area contributed by atoms with Crippen LogP contribution in [0.3, 0.4) is 0 Å². The predicted octanol–water partition coefficient (Wildman–Crippen LogP) is 1.79. The third kappa shape index (κ3) is 2.31. The molecule has 0 spiro atoms. The molecule has 0 aliphatic carbocycles. The number of nitrogens with two attached hydrogens (primary N) is 1. The molecule has 0 saturated heterocycles. The Hall–Kier alpha value is -2.04. The molecule has 5 nitrogen and oxygen atoms in total. The van der Waals surface area contributed by atoms with E-state index in [1.807, 2.05) is 24.3 Å². The summed E-state index contributed by atoms with van der Waals surface area (Å²) in [4.78, 5) is 0. The van der Waals surface area contributed by atoms with Gasteiger partial charge in [0.2, 0.25) is 0 Å². The van der Waals surface area contributed by atoms with Crippen molar-refractivity contribution in [1.29, 1.82) is 0 Å². The molecule has 84 valence electrons. The van der Waals surface area contributed by atoms with Gasteiger partial charge in [-0.1, -0.05) is 30.2 Å². The maximum atomic E-state index is 5.58. The second-order valence-electron chi connectivity index (χ2n) is 3.28. The highest BCUT2D eigenvalue weighted by atomic mass is 16.5. The van der Waals surface area contributed by atoms with Crippen LogP contribution in [0.5, 0.6) is 5.75 Å². The first kappa shape index (κ1) is 10.5. The van der Waals surface area contributed by atoms with Crippen molar-refractivity contribution >= 4 is 6.01 Å². The van der Waals surface area contributed by atoms with E-state index in [4.69, 9.17) is 14.9 Å². The molecule has 0 amide bonds. The van der Waals surface area contributed by atoms with Gasteiger partial charge in [0.1, 0.15) is 5.75 Å². The van der Waals surface area contributed by atoms with E-state index in [2.05, 4.69) is 17.1 Å². The van der Waals surface area contributed by atoms with Gasteiger partial charge in [0, 0.05) is 0 Å². The molecule has 0 radical (unpaired) electrons. The fourth-order valence-electron chi connectivity index (χ4n) is 1.40. The normalized spacial score (nSPS) is 10.3. The van der Waals surface area contributed by atoms with Gasteiger partial charge < -0.3 is 14.9 Å². The summed E-state index contributed by atoms with van der Waals surface area (Å²) in [6.45, 7) is 2.31. The molecule has 16 heavy (non-hydrogen) atoms. The summed E-state index contributed by atoms with van der Waals surface area (Å²) in [5.74, 6) is 1.21. The van der Waals surface area contributed by atoms with Crippen LogP contribution in [0, 0.1) is 0 Å². The number of rotatable bonds is 4. The maximum Gasteiger partial charge on any atom is 0.312 e. The minimum atomic E-state index is 0.0578. The number of ether oxygens (including phenoxy) is 1. The Morgan fingerprint density at radius 1 is 1.31 bits per heavy atom. The van der Waals surface area contributed by atoms with E-state index in [9.17, 15) is 0 Å². The number of aromatic nitrogens is 2. The molecular formula is C11H13N3O2. The number of nitrogens with zero attached hydrogens (tertiary/aromatic N) is 2. The molecule has 0 aliphatic heterocycles. The fourth-order valence-corrected chi connectivity index (χ4v) is 1.40. The molecule has 0 bridgehead atoms.